The van der Waals surface area contributed by atoms with Crippen LogP contribution in [0.3, 0.4) is 0 Å². The van der Waals surface area contributed by atoms with Crippen molar-refractivity contribution in [2.45, 2.75) is 13.5 Å². The van der Waals surface area contributed by atoms with Gasteiger partial charge in [0.15, 0.2) is 0 Å². The number of para-hydroxylation sites is 1. The van der Waals surface area contributed by atoms with E-state index in [1.165, 1.54) is 18.2 Å². The summed E-state index contributed by atoms with van der Waals surface area (Å²) < 4.78 is 7.56. The SMILES string of the molecule is CCOC(=O)c1cccc([N+](=O)[O-])c1NCc1ccc(-n2cc(Br)cc2C#N)cc1. The number of ether oxygens (including phenoxy) is 1. The third-order valence-electron chi connectivity index (χ3n) is 4.32. The maximum absolute atomic E-state index is 12.2. The van der Waals surface area contributed by atoms with E-state index >= 15 is 0 Å². The van der Waals surface area contributed by atoms with E-state index in [0.717, 1.165) is 15.7 Å². The molecule has 0 radical (unpaired) electrons. The summed E-state index contributed by atoms with van der Waals surface area (Å²) in [4.78, 5) is 23.1. The molecule has 1 heterocycles. The van der Waals surface area contributed by atoms with Crippen molar-refractivity contribution in [3.63, 3.8) is 0 Å². The third kappa shape index (κ3) is 4.50. The molecule has 0 spiro atoms. The minimum Gasteiger partial charge on any atom is -0.462 e. The number of hydrogen-bond acceptors (Lipinski definition) is 6. The Bertz CT molecular complexity index is 1130. The number of nitrogens with one attached hydrogen (secondary N) is 1. The first kappa shape index (κ1) is 21.1. The third-order valence-corrected chi connectivity index (χ3v) is 4.75. The highest BCUT2D eigenvalue weighted by atomic mass is 79.9. The molecule has 1 aromatic heterocycles. The lowest BCUT2D eigenvalue weighted by Crippen LogP contribution is -2.11. The summed E-state index contributed by atoms with van der Waals surface area (Å²) in [5.74, 6) is -0.624. The number of rotatable bonds is 7. The number of aromatic nitrogens is 1. The summed E-state index contributed by atoms with van der Waals surface area (Å²) in [6.07, 6.45) is 1.80. The Morgan fingerprint density at radius 2 is 2.03 bits per heavy atom. The monoisotopic (exact) mass is 468 g/mol. The van der Waals surface area contributed by atoms with Crippen LogP contribution in [0.15, 0.2) is 59.2 Å². The van der Waals surface area contributed by atoms with Gasteiger partial charge in [0.05, 0.1) is 17.1 Å². The molecule has 0 bridgehead atoms. The lowest BCUT2D eigenvalue weighted by atomic mass is 10.1. The molecule has 2 aromatic carbocycles. The lowest BCUT2D eigenvalue weighted by Gasteiger charge is -2.12. The van der Waals surface area contributed by atoms with E-state index in [1.54, 1.807) is 23.8 Å². The molecule has 3 aromatic rings. The number of nitriles is 1. The second kappa shape index (κ2) is 9.24. The maximum Gasteiger partial charge on any atom is 0.340 e. The molecule has 0 fully saturated rings. The highest BCUT2D eigenvalue weighted by molar-refractivity contribution is 9.10. The van der Waals surface area contributed by atoms with Crippen LogP contribution in [-0.2, 0) is 11.3 Å². The van der Waals surface area contributed by atoms with Gasteiger partial charge < -0.3 is 14.6 Å². The number of anilines is 1. The Hall–Kier alpha value is -3.64. The van der Waals surface area contributed by atoms with Gasteiger partial charge in [0.1, 0.15) is 17.5 Å². The van der Waals surface area contributed by atoms with Gasteiger partial charge in [-0.2, -0.15) is 5.26 Å². The zero-order valence-corrected chi connectivity index (χ0v) is 17.5. The van der Waals surface area contributed by atoms with Gasteiger partial charge in [0, 0.05) is 29.0 Å². The van der Waals surface area contributed by atoms with Crippen molar-refractivity contribution in [3.05, 3.63) is 86.1 Å². The first-order chi connectivity index (χ1) is 14.4. The summed E-state index contributed by atoms with van der Waals surface area (Å²) in [5, 5.41) is 23.6. The topological polar surface area (TPSA) is 110 Å². The van der Waals surface area contributed by atoms with Crippen LogP contribution in [0.4, 0.5) is 11.4 Å². The average molecular weight is 469 g/mol. The summed E-state index contributed by atoms with van der Waals surface area (Å²) in [7, 11) is 0. The predicted octanol–water partition coefficient (Wildman–Crippen LogP) is 4.81. The van der Waals surface area contributed by atoms with E-state index in [9.17, 15) is 20.2 Å². The molecule has 0 saturated carbocycles. The molecule has 8 nitrogen and oxygen atoms in total. The number of benzene rings is 2. The summed E-state index contributed by atoms with van der Waals surface area (Å²) in [5.41, 5.74) is 2.17. The Kier molecular flexibility index (Phi) is 6.49. The first-order valence-electron chi connectivity index (χ1n) is 9.00. The van der Waals surface area contributed by atoms with Crippen LogP contribution in [-0.4, -0.2) is 22.1 Å². The highest BCUT2D eigenvalue weighted by Crippen LogP contribution is 2.29. The molecule has 0 aliphatic carbocycles. The number of hydrogen-bond donors (Lipinski definition) is 1. The van der Waals surface area contributed by atoms with Crippen molar-refractivity contribution in [1.29, 1.82) is 5.26 Å². The second-order valence-corrected chi connectivity index (χ2v) is 7.14. The largest absolute Gasteiger partial charge is 0.462 e. The van der Waals surface area contributed by atoms with Crippen molar-refractivity contribution < 1.29 is 14.5 Å². The van der Waals surface area contributed by atoms with Gasteiger partial charge in [0.25, 0.3) is 5.69 Å². The van der Waals surface area contributed by atoms with E-state index in [4.69, 9.17) is 4.74 Å². The minimum absolute atomic E-state index is 0.110. The van der Waals surface area contributed by atoms with Gasteiger partial charge in [-0.15, -0.1) is 0 Å². The van der Waals surface area contributed by atoms with Gasteiger partial charge in [-0.1, -0.05) is 18.2 Å². The molecule has 0 unspecified atom stereocenters. The fraction of sp³-hybridized carbons (Fsp3) is 0.143. The summed E-state index contributed by atoms with van der Waals surface area (Å²) >= 11 is 3.36. The van der Waals surface area contributed by atoms with Crippen molar-refractivity contribution in [3.8, 4) is 11.8 Å². The summed E-state index contributed by atoms with van der Waals surface area (Å²) in [6.45, 7) is 2.10. The number of carbonyl (C=O) groups is 1. The Balaban J connectivity index is 1.84. The van der Waals surface area contributed by atoms with Crippen LogP contribution < -0.4 is 5.32 Å². The van der Waals surface area contributed by atoms with Crippen molar-refractivity contribution >= 4 is 33.3 Å². The zero-order valence-electron chi connectivity index (χ0n) is 16.0. The van der Waals surface area contributed by atoms with Crippen LogP contribution in [0.2, 0.25) is 0 Å². The summed E-state index contributed by atoms with van der Waals surface area (Å²) in [6, 6.07) is 15.5. The van der Waals surface area contributed by atoms with Crippen molar-refractivity contribution in [2.24, 2.45) is 0 Å². The number of nitro benzene ring substituents is 1. The molecule has 152 valence electrons. The molecule has 0 saturated heterocycles. The molecular formula is C21H17BrN4O4. The van der Waals surface area contributed by atoms with Gasteiger partial charge in [-0.3, -0.25) is 10.1 Å². The predicted molar refractivity (Wildman–Crippen MR) is 115 cm³/mol. The number of nitro groups is 1. The fourth-order valence-corrected chi connectivity index (χ4v) is 3.37. The van der Waals surface area contributed by atoms with E-state index in [0.29, 0.717) is 5.69 Å². The number of halogens is 1. The lowest BCUT2D eigenvalue weighted by molar-refractivity contribution is -0.384. The average Bonchev–Trinajstić information content (AvgIpc) is 3.13. The Morgan fingerprint density at radius 3 is 2.67 bits per heavy atom. The highest BCUT2D eigenvalue weighted by Gasteiger charge is 2.22. The standard InChI is InChI=1S/C21H17BrN4O4/c1-2-30-21(27)18-4-3-5-19(26(28)29)20(18)24-12-14-6-8-16(9-7-14)25-13-15(22)10-17(25)11-23/h3-10,13,24H,2,12H2,1H3. The molecule has 0 amide bonds. The van der Waals surface area contributed by atoms with Crippen LogP contribution in [0.1, 0.15) is 28.5 Å². The molecule has 0 aliphatic heterocycles. The minimum atomic E-state index is -0.624. The molecule has 30 heavy (non-hydrogen) atoms. The van der Waals surface area contributed by atoms with Gasteiger partial charge in [0.2, 0.25) is 0 Å². The fourth-order valence-electron chi connectivity index (χ4n) is 2.95. The number of carbonyl (C=O) groups excluding carboxylic acids is 1. The van der Waals surface area contributed by atoms with Gasteiger partial charge in [-0.05, 0) is 52.7 Å². The molecular weight excluding hydrogens is 452 g/mol. The normalized spacial score (nSPS) is 10.3. The Labute approximate surface area is 181 Å². The molecule has 1 N–H and O–H groups in total. The van der Waals surface area contributed by atoms with Crippen LogP contribution in [0.25, 0.3) is 5.69 Å². The quantitative estimate of drug-likeness (QED) is 0.302. The number of nitrogens with zero attached hydrogens (tertiary/aromatic N) is 3. The molecule has 0 atom stereocenters. The van der Waals surface area contributed by atoms with Crippen LogP contribution >= 0.6 is 15.9 Å². The zero-order chi connectivity index (χ0) is 21.7. The first-order valence-corrected chi connectivity index (χ1v) is 9.79. The van der Waals surface area contributed by atoms with E-state index in [2.05, 4.69) is 27.3 Å². The van der Waals surface area contributed by atoms with Gasteiger partial charge in [-0.25, -0.2) is 4.79 Å². The Morgan fingerprint density at radius 1 is 1.30 bits per heavy atom. The van der Waals surface area contributed by atoms with Gasteiger partial charge >= 0.3 is 5.97 Å². The van der Waals surface area contributed by atoms with E-state index < -0.39 is 10.9 Å². The molecule has 0 aliphatic rings. The smallest absolute Gasteiger partial charge is 0.340 e. The van der Waals surface area contributed by atoms with E-state index in [-0.39, 0.29) is 30.1 Å². The van der Waals surface area contributed by atoms with Crippen LogP contribution in [0.5, 0.6) is 0 Å². The second-order valence-electron chi connectivity index (χ2n) is 6.22. The van der Waals surface area contributed by atoms with Crippen molar-refractivity contribution in [2.75, 3.05) is 11.9 Å². The van der Waals surface area contributed by atoms with Crippen molar-refractivity contribution in [1.82, 2.24) is 4.57 Å². The maximum atomic E-state index is 12.2. The molecule has 9 heteroatoms. The van der Waals surface area contributed by atoms with Crippen LogP contribution in [0, 0.1) is 21.4 Å². The molecule has 3 rings (SSSR count). The number of esters is 1. The van der Waals surface area contributed by atoms with E-state index in [1.807, 2.05) is 24.3 Å².